The van der Waals surface area contributed by atoms with Crippen molar-refractivity contribution in [2.45, 2.75) is 37.3 Å². The number of fused-ring (bicyclic) bond motifs is 1. The predicted octanol–water partition coefficient (Wildman–Crippen LogP) is 5.42. The summed E-state index contributed by atoms with van der Waals surface area (Å²) in [5.74, 6) is -0.861. The molecule has 40 heavy (non-hydrogen) atoms. The number of hydrogen-bond donors (Lipinski definition) is 0. The molecule has 2 fully saturated rings. The Morgan fingerprint density at radius 2 is 0.875 bits per heavy atom. The van der Waals surface area contributed by atoms with Gasteiger partial charge in [-0.1, -0.05) is 84.9 Å². The van der Waals surface area contributed by atoms with E-state index in [2.05, 4.69) is 24.3 Å². The van der Waals surface area contributed by atoms with Crippen LogP contribution in [0.1, 0.15) is 43.0 Å². The first-order valence-corrected chi connectivity index (χ1v) is 13.5. The van der Waals surface area contributed by atoms with Crippen LogP contribution < -0.4 is 0 Å². The highest BCUT2D eigenvalue weighted by atomic mass is 16.7. The molecule has 6 rings (SSSR count). The number of carbonyl (C=O) groups excluding carboxylic acids is 2. The molecule has 202 valence electrons. The van der Waals surface area contributed by atoms with Crippen LogP contribution >= 0.6 is 0 Å². The van der Waals surface area contributed by atoms with Gasteiger partial charge in [0.15, 0.2) is 12.2 Å². The lowest BCUT2D eigenvalue weighted by Crippen LogP contribution is -2.36. The standard InChI is InChI=1S/C34H30O6/c35-33(27-15-11-25(12-16-27)19-23-7-3-1-4-8-23)39-29-21-37-32-30(22-38-31(29)32)40-34(36)28-17-13-26(14-18-28)20-24-9-5-2-6-10-24/h1-18,29-32H,19-22H2. The van der Waals surface area contributed by atoms with Crippen molar-refractivity contribution in [3.05, 3.63) is 143 Å². The minimum absolute atomic E-state index is 0.190. The normalized spacial score (nSPS) is 21.5. The number of benzene rings is 4. The highest BCUT2D eigenvalue weighted by molar-refractivity contribution is 5.90. The van der Waals surface area contributed by atoms with E-state index in [1.807, 2.05) is 60.7 Å². The molecule has 0 saturated carbocycles. The van der Waals surface area contributed by atoms with Gasteiger partial charge in [0.25, 0.3) is 0 Å². The van der Waals surface area contributed by atoms with E-state index in [9.17, 15) is 9.59 Å². The van der Waals surface area contributed by atoms with Crippen molar-refractivity contribution in [3.63, 3.8) is 0 Å². The average molecular weight is 535 g/mol. The molecule has 0 bridgehead atoms. The van der Waals surface area contributed by atoms with Crippen LogP contribution in [-0.2, 0) is 31.8 Å². The molecule has 0 aromatic heterocycles. The molecule has 4 atom stereocenters. The van der Waals surface area contributed by atoms with Gasteiger partial charge in [-0.2, -0.15) is 0 Å². The SMILES string of the molecule is O=C(OC1COC2C(OC(=O)c3ccc(Cc4ccccc4)cc3)COC12)c1ccc(Cc2ccccc2)cc1. The maximum atomic E-state index is 12.8. The Bertz CT molecular complexity index is 1320. The molecule has 4 unspecified atom stereocenters. The molecular weight excluding hydrogens is 504 g/mol. The number of esters is 2. The molecule has 2 heterocycles. The highest BCUT2D eigenvalue weighted by Crippen LogP contribution is 2.31. The maximum Gasteiger partial charge on any atom is 0.338 e. The Morgan fingerprint density at radius 3 is 1.25 bits per heavy atom. The van der Waals surface area contributed by atoms with Gasteiger partial charge in [0.1, 0.15) is 12.2 Å². The van der Waals surface area contributed by atoms with E-state index in [1.54, 1.807) is 24.3 Å². The summed E-state index contributed by atoms with van der Waals surface area (Å²) in [5, 5.41) is 0. The van der Waals surface area contributed by atoms with Crippen LogP contribution in [0.4, 0.5) is 0 Å². The average Bonchev–Trinajstić information content (AvgIpc) is 3.58. The molecule has 4 aromatic carbocycles. The smallest absolute Gasteiger partial charge is 0.338 e. The molecule has 0 amide bonds. The molecule has 0 N–H and O–H groups in total. The van der Waals surface area contributed by atoms with Crippen molar-refractivity contribution in [2.24, 2.45) is 0 Å². The summed E-state index contributed by atoms with van der Waals surface area (Å²) in [6.07, 6.45) is -0.505. The fourth-order valence-electron chi connectivity index (χ4n) is 5.22. The zero-order chi connectivity index (χ0) is 27.3. The Labute approximate surface area is 233 Å². The monoisotopic (exact) mass is 534 g/mol. The lowest BCUT2D eigenvalue weighted by molar-refractivity contribution is -0.0287. The van der Waals surface area contributed by atoms with Crippen LogP contribution in [0.2, 0.25) is 0 Å². The third kappa shape index (κ3) is 5.98. The lowest BCUT2D eigenvalue weighted by Gasteiger charge is -2.17. The van der Waals surface area contributed by atoms with Crippen LogP contribution in [0, 0.1) is 0 Å². The molecule has 0 radical (unpaired) electrons. The topological polar surface area (TPSA) is 71.1 Å². The van der Waals surface area contributed by atoms with Gasteiger partial charge >= 0.3 is 11.9 Å². The van der Waals surface area contributed by atoms with Gasteiger partial charge in [-0.05, 0) is 59.4 Å². The molecule has 6 nitrogen and oxygen atoms in total. The zero-order valence-electron chi connectivity index (χ0n) is 22.0. The molecule has 6 heteroatoms. The minimum Gasteiger partial charge on any atom is -0.453 e. The molecule has 2 aliphatic heterocycles. The fourth-order valence-corrected chi connectivity index (χ4v) is 5.22. The van der Waals surface area contributed by atoms with E-state index >= 15 is 0 Å². The first-order valence-electron chi connectivity index (χ1n) is 13.5. The van der Waals surface area contributed by atoms with Gasteiger partial charge in [-0.25, -0.2) is 9.59 Å². The molecule has 2 aliphatic rings. The van der Waals surface area contributed by atoms with Gasteiger partial charge in [0, 0.05) is 0 Å². The Hall–Kier alpha value is -4.26. The summed E-state index contributed by atoms with van der Waals surface area (Å²) in [6.45, 7) is 0.380. The number of ether oxygens (including phenoxy) is 4. The van der Waals surface area contributed by atoms with E-state index in [4.69, 9.17) is 18.9 Å². The predicted molar refractivity (Wildman–Crippen MR) is 149 cm³/mol. The van der Waals surface area contributed by atoms with Gasteiger partial charge in [-0.15, -0.1) is 0 Å². The third-order valence-corrected chi connectivity index (χ3v) is 7.36. The second kappa shape index (κ2) is 11.9. The highest BCUT2D eigenvalue weighted by Gasteiger charge is 2.51. The second-order valence-electron chi connectivity index (χ2n) is 10.2. The van der Waals surface area contributed by atoms with E-state index in [1.165, 1.54) is 11.1 Å². The number of carbonyl (C=O) groups is 2. The second-order valence-corrected chi connectivity index (χ2v) is 10.2. The first kappa shape index (κ1) is 26.0. The van der Waals surface area contributed by atoms with E-state index in [0.29, 0.717) is 11.1 Å². The van der Waals surface area contributed by atoms with E-state index in [0.717, 1.165) is 24.0 Å². The van der Waals surface area contributed by atoms with Crippen LogP contribution in [0.3, 0.4) is 0 Å². The summed E-state index contributed by atoms with van der Waals surface area (Å²) in [6, 6.07) is 35.2. The van der Waals surface area contributed by atoms with Gasteiger partial charge in [-0.3, -0.25) is 0 Å². The Morgan fingerprint density at radius 1 is 0.525 bits per heavy atom. The summed E-state index contributed by atoms with van der Waals surface area (Å²) >= 11 is 0. The minimum atomic E-state index is -0.567. The summed E-state index contributed by atoms with van der Waals surface area (Å²) in [7, 11) is 0. The molecule has 0 spiro atoms. The Balaban J connectivity index is 1.01. The summed E-state index contributed by atoms with van der Waals surface area (Å²) in [4.78, 5) is 25.7. The molecule has 0 aliphatic carbocycles. The van der Waals surface area contributed by atoms with E-state index in [-0.39, 0.29) is 13.2 Å². The van der Waals surface area contributed by atoms with Crippen molar-refractivity contribution in [3.8, 4) is 0 Å². The van der Waals surface area contributed by atoms with Crippen LogP contribution in [0.25, 0.3) is 0 Å². The van der Waals surface area contributed by atoms with Crippen LogP contribution in [0.5, 0.6) is 0 Å². The zero-order valence-corrected chi connectivity index (χ0v) is 22.0. The quantitative estimate of drug-likeness (QED) is 0.281. The number of hydrogen-bond acceptors (Lipinski definition) is 6. The van der Waals surface area contributed by atoms with Crippen LogP contribution in [-0.4, -0.2) is 49.6 Å². The van der Waals surface area contributed by atoms with Crippen molar-refractivity contribution in [2.75, 3.05) is 13.2 Å². The van der Waals surface area contributed by atoms with E-state index < -0.39 is 36.4 Å². The molecule has 4 aromatic rings. The fraction of sp³-hybridized carbons (Fsp3) is 0.235. The lowest BCUT2D eigenvalue weighted by atomic mass is 10.0. The van der Waals surface area contributed by atoms with Gasteiger partial charge < -0.3 is 18.9 Å². The first-order chi connectivity index (χ1) is 19.6. The Kier molecular flexibility index (Phi) is 7.71. The summed E-state index contributed by atoms with van der Waals surface area (Å²) < 4.78 is 23.2. The maximum absolute atomic E-state index is 12.8. The van der Waals surface area contributed by atoms with Crippen LogP contribution in [0.15, 0.2) is 109 Å². The summed E-state index contributed by atoms with van der Waals surface area (Å²) in [5.41, 5.74) is 5.58. The van der Waals surface area contributed by atoms with Gasteiger partial charge in [0.05, 0.1) is 24.3 Å². The van der Waals surface area contributed by atoms with Crippen molar-refractivity contribution in [1.82, 2.24) is 0 Å². The van der Waals surface area contributed by atoms with Crippen molar-refractivity contribution in [1.29, 1.82) is 0 Å². The third-order valence-electron chi connectivity index (χ3n) is 7.36. The molecular formula is C34H30O6. The largest absolute Gasteiger partial charge is 0.453 e. The number of rotatable bonds is 8. The van der Waals surface area contributed by atoms with Gasteiger partial charge in [0.2, 0.25) is 0 Å². The molecule has 2 saturated heterocycles. The van der Waals surface area contributed by atoms with Crippen molar-refractivity contribution < 1.29 is 28.5 Å². The van der Waals surface area contributed by atoms with Crippen molar-refractivity contribution >= 4 is 11.9 Å².